The number of nitrogens with one attached hydrogen (secondary N) is 1. The number of rotatable bonds is 5. The predicted octanol–water partition coefficient (Wildman–Crippen LogP) is 3.04. The molecule has 1 N–H and O–H groups in total. The van der Waals surface area contributed by atoms with E-state index in [4.69, 9.17) is 4.74 Å². The summed E-state index contributed by atoms with van der Waals surface area (Å²) < 4.78 is 8.05. The zero-order valence-corrected chi connectivity index (χ0v) is 13.4. The first-order valence-electron chi connectivity index (χ1n) is 7.99. The highest BCUT2D eigenvalue weighted by atomic mass is 16.5. The van der Waals surface area contributed by atoms with Gasteiger partial charge in [0.2, 0.25) is 0 Å². The molecule has 0 unspecified atom stereocenters. The van der Waals surface area contributed by atoms with Crippen molar-refractivity contribution >= 4 is 0 Å². The lowest BCUT2D eigenvalue weighted by molar-refractivity contribution is 0.0881. The largest absolute Gasteiger partial charge is 0.370 e. The first-order chi connectivity index (χ1) is 10.7. The van der Waals surface area contributed by atoms with E-state index in [1.54, 1.807) is 0 Å². The molecule has 3 rings (SSSR count). The third-order valence-corrected chi connectivity index (χ3v) is 4.17. The highest BCUT2D eigenvalue weighted by Gasteiger charge is 2.33. The molecule has 3 heterocycles. The van der Waals surface area contributed by atoms with E-state index in [-0.39, 0.29) is 18.2 Å². The highest BCUT2D eigenvalue weighted by molar-refractivity contribution is 5.13. The SMILES string of the molecule is CC(C)n1nccc1[C@H]1OCC[C@@H]1N[C@@H](C)c1ccccn1. The highest BCUT2D eigenvalue weighted by Crippen LogP contribution is 2.31. The fraction of sp³-hybridized carbons (Fsp3) is 0.529. The fourth-order valence-corrected chi connectivity index (χ4v) is 3.07. The Morgan fingerprint density at radius 1 is 1.23 bits per heavy atom. The molecule has 0 aromatic carbocycles. The number of hydrogen-bond acceptors (Lipinski definition) is 4. The van der Waals surface area contributed by atoms with E-state index in [2.05, 4.69) is 53.0 Å². The maximum Gasteiger partial charge on any atom is 0.114 e. The van der Waals surface area contributed by atoms with Crippen LogP contribution in [0.3, 0.4) is 0 Å². The zero-order valence-electron chi connectivity index (χ0n) is 13.4. The van der Waals surface area contributed by atoms with Gasteiger partial charge in [0.15, 0.2) is 0 Å². The second-order valence-electron chi connectivity index (χ2n) is 6.12. The van der Waals surface area contributed by atoms with E-state index in [1.807, 2.05) is 24.5 Å². The summed E-state index contributed by atoms with van der Waals surface area (Å²) in [4.78, 5) is 4.43. The van der Waals surface area contributed by atoms with Crippen molar-refractivity contribution in [1.82, 2.24) is 20.1 Å². The molecule has 1 saturated heterocycles. The van der Waals surface area contributed by atoms with Crippen molar-refractivity contribution in [3.05, 3.63) is 48.0 Å². The Morgan fingerprint density at radius 2 is 2.09 bits per heavy atom. The van der Waals surface area contributed by atoms with Crippen LogP contribution >= 0.6 is 0 Å². The standard InChI is InChI=1S/C17H24N4O/c1-12(2)21-16(7-10-19-21)17-15(8-11-22-17)20-13(3)14-6-4-5-9-18-14/h4-7,9-10,12-13,15,17,20H,8,11H2,1-3H3/t13-,15-,17-/m0/s1. The number of nitrogens with zero attached hydrogens (tertiary/aromatic N) is 3. The molecule has 2 aromatic heterocycles. The third kappa shape index (κ3) is 3.05. The van der Waals surface area contributed by atoms with Gasteiger partial charge in [-0.25, -0.2) is 0 Å². The molecule has 3 atom stereocenters. The minimum atomic E-state index is 0.0519. The van der Waals surface area contributed by atoms with E-state index < -0.39 is 0 Å². The molecule has 1 aliphatic heterocycles. The number of hydrogen-bond donors (Lipinski definition) is 1. The molecule has 1 aliphatic rings. The Morgan fingerprint density at radius 3 is 2.82 bits per heavy atom. The Balaban J connectivity index is 1.75. The van der Waals surface area contributed by atoms with Gasteiger partial charge >= 0.3 is 0 Å². The fourth-order valence-electron chi connectivity index (χ4n) is 3.07. The van der Waals surface area contributed by atoms with Crippen molar-refractivity contribution in [2.75, 3.05) is 6.61 Å². The van der Waals surface area contributed by atoms with E-state index in [9.17, 15) is 0 Å². The van der Waals surface area contributed by atoms with Crippen LogP contribution in [0.2, 0.25) is 0 Å². The summed E-state index contributed by atoms with van der Waals surface area (Å²) in [6.45, 7) is 7.22. The summed E-state index contributed by atoms with van der Waals surface area (Å²) in [6.07, 6.45) is 4.75. The Labute approximate surface area is 131 Å². The molecule has 0 bridgehead atoms. The molecule has 0 amide bonds. The Bertz CT molecular complexity index is 596. The van der Waals surface area contributed by atoms with Crippen molar-refractivity contribution < 1.29 is 4.74 Å². The van der Waals surface area contributed by atoms with Gasteiger partial charge in [0.05, 0.1) is 11.4 Å². The van der Waals surface area contributed by atoms with E-state index in [1.165, 1.54) is 0 Å². The lowest BCUT2D eigenvalue weighted by atomic mass is 10.0. The topological polar surface area (TPSA) is 52.0 Å². The monoisotopic (exact) mass is 300 g/mol. The number of ether oxygens (including phenoxy) is 1. The molecule has 5 heteroatoms. The molecular weight excluding hydrogens is 276 g/mol. The van der Waals surface area contributed by atoms with Crippen LogP contribution in [0.4, 0.5) is 0 Å². The maximum atomic E-state index is 5.99. The van der Waals surface area contributed by atoms with Crippen molar-refractivity contribution in [3.8, 4) is 0 Å². The molecule has 0 saturated carbocycles. The van der Waals surface area contributed by atoms with Gasteiger partial charge in [0.25, 0.3) is 0 Å². The predicted molar refractivity (Wildman–Crippen MR) is 85.5 cm³/mol. The normalized spacial score (nSPS) is 23.1. The maximum absolute atomic E-state index is 5.99. The average molecular weight is 300 g/mol. The second-order valence-corrected chi connectivity index (χ2v) is 6.12. The Kier molecular flexibility index (Phi) is 4.55. The smallest absolute Gasteiger partial charge is 0.114 e. The zero-order chi connectivity index (χ0) is 15.5. The van der Waals surface area contributed by atoms with Crippen LogP contribution in [0.15, 0.2) is 36.7 Å². The van der Waals surface area contributed by atoms with E-state index in [0.29, 0.717) is 6.04 Å². The van der Waals surface area contributed by atoms with Gasteiger partial charge in [0.1, 0.15) is 6.10 Å². The molecule has 5 nitrogen and oxygen atoms in total. The summed E-state index contributed by atoms with van der Waals surface area (Å²) in [5.41, 5.74) is 2.21. The van der Waals surface area contributed by atoms with Crippen LogP contribution in [0.1, 0.15) is 56.8 Å². The van der Waals surface area contributed by atoms with Crippen molar-refractivity contribution in [2.45, 2.75) is 51.4 Å². The summed E-state index contributed by atoms with van der Waals surface area (Å²) in [5, 5.41) is 8.10. The molecule has 0 aliphatic carbocycles. The van der Waals surface area contributed by atoms with Gasteiger partial charge in [-0.15, -0.1) is 0 Å². The second kappa shape index (κ2) is 6.58. The van der Waals surface area contributed by atoms with E-state index in [0.717, 1.165) is 24.4 Å². The van der Waals surface area contributed by atoms with Gasteiger partial charge in [0, 0.05) is 37.1 Å². The summed E-state index contributed by atoms with van der Waals surface area (Å²) in [5.74, 6) is 0. The summed E-state index contributed by atoms with van der Waals surface area (Å²) in [6, 6.07) is 8.91. The first-order valence-corrected chi connectivity index (χ1v) is 7.99. The molecule has 2 aromatic rings. The van der Waals surface area contributed by atoms with Crippen molar-refractivity contribution in [1.29, 1.82) is 0 Å². The molecule has 118 valence electrons. The minimum Gasteiger partial charge on any atom is -0.370 e. The molecule has 1 fully saturated rings. The molecule has 0 spiro atoms. The first kappa shape index (κ1) is 15.2. The van der Waals surface area contributed by atoms with Crippen LogP contribution in [0.25, 0.3) is 0 Å². The van der Waals surface area contributed by atoms with Crippen LogP contribution in [0, 0.1) is 0 Å². The van der Waals surface area contributed by atoms with Crippen molar-refractivity contribution in [2.24, 2.45) is 0 Å². The quantitative estimate of drug-likeness (QED) is 0.922. The van der Waals surface area contributed by atoms with Crippen LogP contribution < -0.4 is 5.32 Å². The number of pyridine rings is 1. The lowest BCUT2D eigenvalue weighted by Gasteiger charge is -2.25. The minimum absolute atomic E-state index is 0.0519. The Hall–Kier alpha value is -1.72. The van der Waals surface area contributed by atoms with Gasteiger partial charge in [-0.1, -0.05) is 6.07 Å². The molecule has 0 radical (unpaired) electrons. The average Bonchev–Trinajstić information content (AvgIpc) is 3.16. The number of aromatic nitrogens is 3. The molecular formula is C17H24N4O. The van der Waals surface area contributed by atoms with Gasteiger partial charge < -0.3 is 10.1 Å². The van der Waals surface area contributed by atoms with Crippen molar-refractivity contribution in [3.63, 3.8) is 0 Å². The van der Waals surface area contributed by atoms with Gasteiger partial charge in [-0.3, -0.25) is 9.67 Å². The summed E-state index contributed by atoms with van der Waals surface area (Å²) in [7, 11) is 0. The van der Waals surface area contributed by atoms with Crippen LogP contribution in [0.5, 0.6) is 0 Å². The lowest BCUT2D eigenvalue weighted by Crippen LogP contribution is -2.35. The van der Waals surface area contributed by atoms with Crippen LogP contribution in [-0.4, -0.2) is 27.4 Å². The van der Waals surface area contributed by atoms with Gasteiger partial charge in [-0.2, -0.15) is 5.10 Å². The summed E-state index contributed by atoms with van der Waals surface area (Å²) >= 11 is 0. The van der Waals surface area contributed by atoms with E-state index >= 15 is 0 Å². The molecule has 22 heavy (non-hydrogen) atoms. The van der Waals surface area contributed by atoms with Gasteiger partial charge in [-0.05, 0) is 45.4 Å². The van der Waals surface area contributed by atoms with Crippen LogP contribution in [-0.2, 0) is 4.74 Å². The third-order valence-electron chi connectivity index (χ3n) is 4.17.